The van der Waals surface area contributed by atoms with E-state index in [1.54, 1.807) is 0 Å². The SMILES string of the molecule is c1cc(-c2ccccc2-n2c3ccccc3c3c4ccccc4c4ccccc4c32)cc(N(c2ccc(-c3cccc4ccccc34)cc2)c2ccc(-c3cccc4ccccc34)cc2)c1. The minimum absolute atomic E-state index is 1.08. The average Bonchev–Trinajstić information content (AvgIpc) is 3.75. The van der Waals surface area contributed by atoms with E-state index in [0.29, 0.717) is 0 Å². The molecule has 0 spiro atoms. The third-order valence-corrected chi connectivity index (χ3v) is 13.6. The Morgan fingerprint density at radius 2 is 0.727 bits per heavy atom. The first kappa shape index (κ1) is 37.8. The number of anilines is 3. The fourth-order valence-electron chi connectivity index (χ4n) is 10.6. The molecule has 0 bridgehead atoms. The first-order valence-corrected chi connectivity index (χ1v) is 22.8. The van der Waals surface area contributed by atoms with E-state index in [-0.39, 0.29) is 0 Å². The van der Waals surface area contributed by atoms with Crippen LogP contribution >= 0.6 is 0 Å². The summed E-state index contributed by atoms with van der Waals surface area (Å²) in [5.41, 5.74) is 14.0. The van der Waals surface area contributed by atoms with Crippen LogP contribution in [0.1, 0.15) is 0 Å². The van der Waals surface area contributed by atoms with Crippen LogP contribution in [0.25, 0.3) is 104 Å². The van der Waals surface area contributed by atoms with E-state index in [2.05, 4.69) is 264 Å². The lowest BCUT2D eigenvalue weighted by Crippen LogP contribution is -2.10. The monoisotopic (exact) mass is 838 g/mol. The molecule has 0 N–H and O–H groups in total. The molecule has 2 heteroatoms. The first-order chi connectivity index (χ1) is 32.8. The highest BCUT2D eigenvalue weighted by atomic mass is 15.1. The van der Waals surface area contributed by atoms with Gasteiger partial charge in [-0.05, 0) is 114 Å². The summed E-state index contributed by atoms with van der Waals surface area (Å²) in [6, 6.07) is 93.2. The summed E-state index contributed by atoms with van der Waals surface area (Å²) in [7, 11) is 0. The van der Waals surface area contributed by atoms with E-state index in [4.69, 9.17) is 0 Å². The summed E-state index contributed by atoms with van der Waals surface area (Å²) >= 11 is 0. The Morgan fingerprint density at radius 3 is 1.36 bits per heavy atom. The van der Waals surface area contributed by atoms with Crippen LogP contribution in [0.15, 0.2) is 255 Å². The minimum Gasteiger partial charge on any atom is -0.310 e. The van der Waals surface area contributed by atoms with Crippen LogP contribution in [0.2, 0.25) is 0 Å². The number of para-hydroxylation sites is 2. The number of rotatable bonds is 7. The Hall–Kier alpha value is -8.72. The molecular weight excluding hydrogens is 797 g/mol. The second kappa shape index (κ2) is 15.5. The molecule has 0 aliphatic carbocycles. The smallest absolute Gasteiger partial charge is 0.0626 e. The minimum atomic E-state index is 1.08. The van der Waals surface area contributed by atoms with Crippen molar-refractivity contribution in [1.82, 2.24) is 4.57 Å². The Kier molecular flexibility index (Phi) is 8.89. The van der Waals surface area contributed by atoms with Crippen molar-refractivity contribution in [2.24, 2.45) is 0 Å². The Bertz CT molecular complexity index is 3860. The molecule has 13 rings (SSSR count). The number of aromatic nitrogens is 1. The molecule has 0 fully saturated rings. The lowest BCUT2D eigenvalue weighted by atomic mass is 9.96. The van der Waals surface area contributed by atoms with Crippen molar-refractivity contribution in [1.29, 1.82) is 0 Å². The van der Waals surface area contributed by atoms with Crippen LogP contribution in [0.4, 0.5) is 17.1 Å². The average molecular weight is 839 g/mol. The molecule has 12 aromatic carbocycles. The van der Waals surface area contributed by atoms with Crippen LogP contribution in [0, 0.1) is 0 Å². The number of hydrogen-bond donors (Lipinski definition) is 0. The molecule has 1 aromatic heterocycles. The van der Waals surface area contributed by atoms with E-state index in [9.17, 15) is 0 Å². The van der Waals surface area contributed by atoms with Gasteiger partial charge in [0.2, 0.25) is 0 Å². The molecule has 0 aliphatic heterocycles. The van der Waals surface area contributed by atoms with E-state index in [1.807, 2.05) is 0 Å². The van der Waals surface area contributed by atoms with Crippen LogP contribution in [0.5, 0.6) is 0 Å². The van der Waals surface area contributed by atoms with Gasteiger partial charge in [-0.15, -0.1) is 0 Å². The third kappa shape index (κ3) is 6.11. The quantitative estimate of drug-likeness (QED) is 0.145. The fraction of sp³-hybridized carbons (Fsp3) is 0. The lowest BCUT2D eigenvalue weighted by Gasteiger charge is -2.27. The summed E-state index contributed by atoms with van der Waals surface area (Å²) in [6.07, 6.45) is 0. The van der Waals surface area contributed by atoms with E-state index < -0.39 is 0 Å². The molecule has 0 saturated heterocycles. The van der Waals surface area contributed by atoms with Gasteiger partial charge in [0.1, 0.15) is 0 Å². The maximum absolute atomic E-state index is 2.51. The summed E-state index contributed by atoms with van der Waals surface area (Å²) in [4.78, 5) is 2.39. The first-order valence-electron chi connectivity index (χ1n) is 22.8. The van der Waals surface area contributed by atoms with Crippen LogP contribution < -0.4 is 4.90 Å². The number of benzene rings is 12. The topological polar surface area (TPSA) is 8.17 Å². The van der Waals surface area contributed by atoms with Crippen LogP contribution in [-0.4, -0.2) is 4.57 Å². The molecule has 0 saturated carbocycles. The van der Waals surface area contributed by atoms with Crippen LogP contribution in [0.3, 0.4) is 0 Å². The molecule has 2 nitrogen and oxygen atoms in total. The normalized spacial score (nSPS) is 11.6. The predicted octanol–water partition coefficient (Wildman–Crippen LogP) is 17.9. The standard InChI is InChI=1S/C64H42N2/c1-3-22-51-43(16-1)18-14-30-53(51)45-34-38-48(39-35-45)65(49-40-36-46(37-41-49)54-31-15-19-44-17-2-4-23-52(44)54)50-21-13-20-47(42-50)55-24-9-11-32-61(55)66-62-33-12-10-29-60(62)63-58-27-7-5-25-56(58)57-26-6-8-28-59(57)64(63)66/h1-42H. The lowest BCUT2D eigenvalue weighted by molar-refractivity contribution is 1.19. The highest BCUT2D eigenvalue weighted by Gasteiger charge is 2.21. The van der Waals surface area contributed by atoms with Gasteiger partial charge < -0.3 is 9.47 Å². The number of fused-ring (bicyclic) bond motifs is 10. The zero-order valence-corrected chi connectivity index (χ0v) is 36.1. The van der Waals surface area contributed by atoms with Crippen molar-refractivity contribution in [3.63, 3.8) is 0 Å². The van der Waals surface area contributed by atoms with Gasteiger partial charge in [-0.2, -0.15) is 0 Å². The summed E-state index contributed by atoms with van der Waals surface area (Å²) < 4.78 is 2.51. The second-order valence-corrected chi connectivity index (χ2v) is 17.2. The van der Waals surface area contributed by atoms with Gasteiger partial charge in [-0.3, -0.25) is 0 Å². The second-order valence-electron chi connectivity index (χ2n) is 17.2. The molecule has 0 radical (unpaired) electrons. The summed E-state index contributed by atoms with van der Waals surface area (Å²) in [6.45, 7) is 0. The van der Waals surface area contributed by atoms with E-state index in [0.717, 1.165) is 33.9 Å². The van der Waals surface area contributed by atoms with E-state index in [1.165, 1.54) is 87.1 Å². The molecule has 308 valence electrons. The van der Waals surface area contributed by atoms with Gasteiger partial charge in [0.25, 0.3) is 0 Å². The van der Waals surface area contributed by atoms with E-state index >= 15 is 0 Å². The molecule has 0 atom stereocenters. The number of hydrogen-bond acceptors (Lipinski definition) is 1. The van der Waals surface area contributed by atoms with Crippen molar-refractivity contribution in [3.05, 3.63) is 255 Å². The van der Waals surface area contributed by atoms with Crippen LogP contribution in [-0.2, 0) is 0 Å². The summed E-state index contributed by atoms with van der Waals surface area (Å²) in [5, 5.41) is 12.6. The van der Waals surface area contributed by atoms with Gasteiger partial charge in [0.15, 0.2) is 0 Å². The maximum Gasteiger partial charge on any atom is 0.0626 e. The zero-order chi connectivity index (χ0) is 43.6. The van der Waals surface area contributed by atoms with Gasteiger partial charge in [0.05, 0.1) is 16.7 Å². The zero-order valence-electron chi connectivity index (χ0n) is 36.1. The molecule has 66 heavy (non-hydrogen) atoms. The largest absolute Gasteiger partial charge is 0.310 e. The fourth-order valence-corrected chi connectivity index (χ4v) is 10.6. The molecule has 0 aliphatic rings. The van der Waals surface area contributed by atoms with Gasteiger partial charge in [0, 0.05) is 38.8 Å². The molecule has 13 aromatic rings. The van der Waals surface area contributed by atoms with Crippen molar-refractivity contribution in [2.75, 3.05) is 4.90 Å². The third-order valence-electron chi connectivity index (χ3n) is 13.6. The maximum atomic E-state index is 2.51. The highest BCUT2D eigenvalue weighted by molar-refractivity contribution is 6.32. The van der Waals surface area contributed by atoms with Gasteiger partial charge >= 0.3 is 0 Å². The Balaban J connectivity index is 0.985. The molecular formula is C64H42N2. The van der Waals surface area contributed by atoms with Crippen molar-refractivity contribution in [3.8, 4) is 39.1 Å². The molecule has 1 heterocycles. The van der Waals surface area contributed by atoms with Gasteiger partial charge in [-0.25, -0.2) is 0 Å². The Morgan fingerprint density at radius 1 is 0.273 bits per heavy atom. The highest BCUT2D eigenvalue weighted by Crippen LogP contribution is 2.45. The molecule has 0 amide bonds. The van der Waals surface area contributed by atoms with Gasteiger partial charge in [-0.1, -0.05) is 206 Å². The number of nitrogens with zero attached hydrogens (tertiary/aromatic N) is 2. The van der Waals surface area contributed by atoms with Crippen molar-refractivity contribution >= 4 is 82.0 Å². The van der Waals surface area contributed by atoms with Crippen molar-refractivity contribution in [2.45, 2.75) is 0 Å². The Labute approximate surface area is 383 Å². The summed E-state index contributed by atoms with van der Waals surface area (Å²) in [5.74, 6) is 0. The predicted molar refractivity (Wildman–Crippen MR) is 282 cm³/mol. The van der Waals surface area contributed by atoms with Crippen molar-refractivity contribution < 1.29 is 0 Å². The molecule has 0 unspecified atom stereocenters.